The average molecular weight is 304 g/mol. The summed E-state index contributed by atoms with van der Waals surface area (Å²) in [7, 11) is -4.77. The average Bonchev–Trinajstić information content (AvgIpc) is 2.10. The summed E-state index contributed by atoms with van der Waals surface area (Å²) in [6.07, 6.45) is 0. The van der Waals surface area contributed by atoms with Crippen LogP contribution >= 0.6 is 15.9 Å². The molecule has 0 atom stereocenters. The minimum Gasteiger partial charge on any atom is -0.278 e. The lowest BCUT2D eigenvalue weighted by Gasteiger charge is -2.08. The second-order valence-corrected chi connectivity index (χ2v) is 5.04. The van der Waals surface area contributed by atoms with Crippen molar-refractivity contribution >= 4 is 31.6 Å². The Bertz CT molecular complexity index is 463. The number of anilines is 1. The van der Waals surface area contributed by atoms with Gasteiger partial charge in [-0.25, -0.2) is 12.8 Å². The maximum atomic E-state index is 12.7. The topological polar surface area (TPSA) is 46.2 Å². The predicted molar refractivity (Wildman–Crippen MR) is 52.6 cm³/mol. The molecule has 0 aliphatic rings. The molecule has 0 unspecified atom stereocenters. The highest BCUT2D eigenvalue weighted by molar-refractivity contribution is 9.10. The Morgan fingerprint density at radius 3 is 2.47 bits per heavy atom. The van der Waals surface area contributed by atoms with E-state index in [-0.39, 0.29) is 10.2 Å². The van der Waals surface area contributed by atoms with E-state index in [1.165, 1.54) is 6.07 Å². The van der Waals surface area contributed by atoms with Gasteiger partial charge in [-0.2, -0.15) is 8.78 Å². The standard InChI is InChI=1S/C7H5BrF3NO2S/c8-5-2-1-4(9)3-6(5)12-15(13,14)7(10)11/h1-3,7,12H. The summed E-state index contributed by atoms with van der Waals surface area (Å²) in [4.78, 5) is 0. The van der Waals surface area contributed by atoms with Crippen LogP contribution in [0.3, 0.4) is 0 Å². The van der Waals surface area contributed by atoms with Gasteiger partial charge in [-0.3, -0.25) is 4.72 Å². The molecule has 0 spiro atoms. The van der Waals surface area contributed by atoms with Gasteiger partial charge < -0.3 is 0 Å². The molecule has 0 aliphatic heterocycles. The monoisotopic (exact) mass is 303 g/mol. The molecule has 1 rings (SSSR count). The van der Waals surface area contributed by atoms with Crippen molar-refractivity contribution in [3.05, 3.63) is 28.5 Å². The number of rotatable bonds is 3. The summed E-state index contributed by atoms with van der Waals surface area (Å²) in [5, 5.41) is 0. The van der Waals surface area contributed by atoms with E-state index in [0.29, 0.717) is 0 Å². The summed E-state index contributed by atoms with van der Waals surface area (Å²) in [5.41, 5.74) is -0.268. The summed E-state index contributed by atoms with van der Waals surface area (Å²) >= 11 is 2.89. The van der Waals surface area contributed by atoms with Crippen LogP contribution in [0.25, 0.3) is 0 Å². The maximum Gasteiger partial charge on any atom is 0.355 e. The van der Waals surface area contributed by atoms with Gasteiger partial charge in [-0.05, 0) is 34.1 Å². The highest BCUT2D eigenvalue weighted by Crippen LogP contribution is 2.25. The Hall–Kier alpha value is -0.760. The summed E-state index contributed by atoms with van der Waals surface area (Å²) < 4.78 is 59.9. The zero-order valence-corrected chi connectivity index (χ0v) is 9.45. The van der Waals surface area contributed by atoms with Gasteiger partial charge in [0, 0.05) is 4.47 Å². The number of alkyl halides is 2. The van der Waals surface area contributed by atoms with E-state index >= 15 is 0 Å². The molecule has 1 N–H and O–H groups in total. The fourth-order valence-electron chi connectivity index (χ4n) is 0.774. The van der Waals surface area contributed by atoms with Crippen LogP contribution in [0.2, 0.25) is 0 Å². The van der Waals surface area contributed by atoms with Crippen molar-refractivity contribution in [2.24, 2.45) is 0 Å². The van der Waals surface area contributed by atoms with E-state index in [2.05, 4.69) is 15.9 Å². The van der Waals surface area contributed by atoms with E-state index in [9.17, 15) is 21.6 Å². The van der Waals surface area contributed by atoms with E-state index < -0.39 is 21.6 Å². The first-order valence-electron chi connectivity index (χ1n) is 3.58. The van der Waals surface area contributed by atoms with Crippen LogP contribution in [0.1, 0.15) is 0 Å². The van der Waals surface area contributed by atoms with E-state index in [4.69, 9.17) is 0 Å². The minimum atomic E-state index is -4.77. The number of halogens is 4. The number of nitrogens with one attached hydrogen (secondary N) is 1. The third kappa shape index (κ3) is 3.10. The van der Waals surface area contributed by atoms with Crippen molar-refractivity contribution in [1.82, 2.24) is 0 Å². The lowest BCUT2D eigenvalue weighted by atomic mass is 10.3. The minimum absolute atomic E-state index is 0.174. The van der Waals surface area contributed by atoms with Gasteiger partial charge in [0.2, 0.25) is 0 Å². The molecule has 0 aliphatic carbocycles. The van der Waals surface area contributed by atoms with Crippen molar-refractivity contribution in [1.29, 1.82) is 0 Å². The lowest BCUT2D eigenvalue weighted by molar-refractivity contribution is 0.236. The van der Waals surface area contributed by atoms with Crippen LogP contribution in [-0.4, -0.2) is 14.2 Å². The molecule has 0 amide bonds. The van der Waals surface area contributed by atoms with Gasteiger partial charge in [0.15, 0.2) is 0 Å². The normalized spacial score (nSPS) is 11.8. The first-order valence-corrected chi connectivity index (χ1v) is 5.91. The van der Waals surface area contributed by atoms with Gasteiger partial charge in [0.05, 0.1) is 5.69 Å². The van der Waals surface area contributed by atoms with Crippen LogP contribution in [-0.2, 0) is 10.0 Å². The summed E-state index contributed by atoms with van der Waals surface area (Å²) in [6.45, 7) is 0. The number of hydrogen-bond acceptors (Lipinski definition) is 2. The molecule has 0 heterocycles. The molecule has 0 aromatic heterocycles. The number of hydrogen-bond donors (Lipinski definition) is 1. The second kappa shape index (κ2) is 4.40. The van der Waals surface area contributed by atoms with E-state index in [0.717, 1.165) is 12.1 Å². The van der Waals surface area contributed by atoms with Gasteiger partial charge in [0.25, 0.3) is 10.0 Å². The van der Waals surface area contributed by atoms with Crippen molar-refractivity contribution in [2.45, 2.75) is 5.76 Å². The van der Waals surface area contributed by atoms with Crippen molar-refractivity contribution in [2.75, 3.05) is 4.72 Å². The lowest BCUT2D eigenvalue weighted by Crippen LogP contribution is -2.20. The molecule has 3 nitrogen and oxygen atoms in total. The Labute approximate surface area is 92.5 Å². The SMILES string of the molecule is O=S(=O)(Nc1cc(F)ccc1Br)C(F)F. The fourth-order valence-corrected chi connectivity index (χ4v) is 1.81. The Morgan fingerprint density at radius 2 is 1.93 bits per heavy atom. The van der Waals surface area contributed by atoms with Crippen molar-refractivity contribution in [3.63, 3.8) is 0 Å². The molecule has 8 heteroatoms. The van der Waals surface area contributed by atoms with Gasteiger partial charge in [0.1, 0.15) is 5.82 Å². The van der Waals surface area contributed by atoms with Gasteiger partial charge in [-0.1, -0.05) is 0 Å². The van der Waals surface area contributed by atoms with Gasteiger partial charge in [-0.15, -0.1) is 0 Å². The molecule has 0 radical (unpaired) electrons. The maximum absolute atomic E-state index is 12.7. The quantitative estimate of drug-likeness (QED) is 0.933. The number of benzene rings is 1. The molecular formula is C7H5BrF3NO2S. The molecule has 0 saturated heterocycles. The second-order valence-electron chi connectivity index (χ2n) is 2.53. The summed E-state index contributed by atoms with van der Waals surface area (Å²) in [6, 6.07) is 3.06. The van der Waals surface area contributed by atoms with Crippen LogP contribution < -0.4 is 4.72 Å². The zero-order valence-electron chi connectivity index (χ0n) is 7.05. The number of sulfonamides is 1. The predicted octanol–water partition coefficient (Wildman–Crippen LogP) is 2.55. The van der Waals surface area contributed by atoms with Crippen LogP contribution in [0.5, 0.6) is 0 Å². The molecule has 1 aromatic rings. The summed E-state index contributed by atoms with van der Waals surface area (Å²) in [5.74, 6) is -4.29. The molecule has 1 aromatic carbocycles. The molecular weight excluding hydrogens is 299 g/mol. The molecule has 0 fully saturated rings. The van der Waals surface area contributed by atoms with E-state index in [1.807, 2.05) is 0 Å². The Balaban J connectivity index is 3.05. The van der Waals surface area contributed by atoms with Crippen molar-refractivity contribution in [3.8, 4) is 0 Å². The van der Waals surface area contributed by atoms with Crippen LogP contribution in [0.15, 0.2) is 22.7 Å². The highest BCUT2D eigenvalue weighted by Gasteiger charge is 2.24. The molecule has 0 bridgehead atoms. The Kier molecular flexibility index (Phi) is 3.61. The van der Waals surface area contributed by atoms with E-state index in [1.54, 1.807) is 4.72 Å². The van der Waals surface area contributed by atoms with Crippen molar-refractivity contribution < 1.29 is 21.6 Å². The van der Waals surface area contributed by atoms with Gasteiger partial charge >= 0.3 is 5.76 Å². The smallest absolute Gasteiger partial charge is 0.278 e. The molecule has 15 heavy (non-hydrogen) atoms. The first-order chi connectivity index (χ1) is 6.83. The van der Waals surface area contributed by atoms with Crippen LogP contribution in [0.4, 0.5) is 18.9 Å². The fraction of sp³-hybridized carbons (Fsp3) is 0.143. The third-order valence-electron chi connectivity index (χ3n) is 1.42. The van der Waals surface area contributed by atoms with Crippen LogP contribution in [0, 0.1) is 5.82 Å². The largest absolute Gasteiger partial charge is 0.355 e. The first kappa shape index (κ1) is 12.3. The zero-order chi connectivity index (χ0) is 11.6. The Morgan fingerprint density at radius 1 is 1.33 bits per heavy atom. The molecule has 0 saturated carbocycles. The third-order valence-corrected chi connectivity index (χ3v) is 3.08. The molecule has 84 valence electrons. The highest BCUT2D eigenvalue weighted by atomic mass is 79.9.